The molecular formula is C28H34N2O4S2. The highest BCUT2D eigenvalue weighted by Gasteiger charge is 2.36. The van der Waals surface area contributed by atoms with E-state index in [4.69, 9.17) is 4.74 Å². The van der Waals surface area contributed by atoms with Crippen molar-refractivity contribution in [3.8, 4) is 5.88 Å². The number of nitrogens with zero attached hydrogens (tertiary/aromatic N) is 2. The van der Waals surface area contributed by atoms with Crippen LogP contribution in [0.1, 0.15) is 78.2 Å². The first-order valence-corrected chi connectivity index (χ1v) is 14.5. The van der Waals surface area contributed by atoms with Gasteiger partial charge in [-0.2, -0.15) is 4.31 Å². The Morgan fingerprint density at radius 1 is 1.22 bits per heavy atom. The lowest BCUT2D eigenvalue weighted by molar-refractivity contribution is 0.102. The maximum Gasteiger partial charge on any atom is 0.248 e. The zero-order valence-corrected chi connectivity index (χ0v) is 23.4. The molecule has 0 N–H and O–H groups in total. The van der Waals surface area contributed by atoms with Crippen LogP contribution in [0.2, 0.25) is 0 Å². The molecule has 4 rings (SSSR count). The van der Waals surface area contributed by atoms with E-state index in [-0.39, 0.29) is 47.1 Å². The molecule has 3 aromatic rings. The van der Waals surface area contributed by atoms with Gasteiger partial charge in [0.15, 0.2) is 5.78 Å². The lowest BCUT2D eigenvalue weighted by atomic mass is 9.75. The summed E-state index contributed by atoms with van der Waals surface area (Å²) < 4.78 is 34.8. The summed E-state index contributed by atoms with van der Waals surface area (Å²) >= 11 is 1.54. The third kappa shape index (κ3) is 5.26. The van der Waals surface area contributed by atoms with Gasteiger partial charge < -0.3 is 4.74 Å². The molecule has 2 aromatic heterocycles. The smallest absolute Gasteiger partial charge is 0.248 e. The molecule has 0 spiro atoms. The summed E-state index contributed by atoms with van der Waals surface area (Å²) in [6.45, 7) is 12.7. The van der Waals surface area contributed by atoms with Crippen molar-refractivity contribution in [1.29, 1.82) is 0 Å². The van der Waals surface area contributed by atoms with E-state index < -0.39 is 10.0 Å². The molecule has 3 heterocycles. The third-order valence-electron chi connectivity index (χ3n) is 6.67. The molecule has 36 heavy (non-hydrogen) atoms. The number of aromatic nitrogens is 1. The van der Waals surface area contributed by atoms with E-state index in [9.17, 15) is 13.2 Å². The number of ketones is 1. The fourth-order valence-corrected chi connectivity index (χ4v) is 7.50. The summed E-state index contributed by atoms with van der Waals surface area (Å²) in [5.74, 6) is 0.300. The molecule has 2 atom stereocenters. The number of Topliss-reactive ketones (excluding diaryl/α,β-unsaturated/α-hetero) is 1. The maximum atomic E-state index is 13.6. The van der Waals surface area contributed by atoms with Crippen molar-refractivity contribution >= 4 is 27.1 Å². The Morgan fingerprint density at radius 3 is 2.61 bits per heavy atom. The second-order valence-electron chi connectivity index (χ2n) is 10.5. The van der Waals surface area contributed by atoms with Crippen LogP contribution in [-0.4, -0.2) is 36.1 Å². The number of benzene rings is 1. The van der Waals surface area contributed by atoms with Crippen molar-refractivity contribution in [2.75, 3.05) is 6.54 Å². The van der Waals surface area contributed by atoms with Gasteiger partial charge in [-0.15, -0.1) is 11.3 Å². The second-order valence-corrected chi connectivity index (χ2v) is 13.5. The minimum atomic E-state index is -3.79. The number of hydrogen-bond acceptors (Lipinski definition) is 6. The van der Waals surface area contributed by atoms with E-state index in [2.05, 4.69) is 44.0 Å². The van der Waals surface area contributed by atoms with Gasteiger partial charge in [-0.1, -0.05) is 45.9 Å². The van der Waals surface area contributed by atoms with E-state index in [1.54, 1.807) is 25.3 Å². The summed E-state index contributed by atoms with van der Waals surface area (Å²) in [5, 5.41) is 0. The van der Waals surface area contributed by atoms with Crippen LogP contribution in [0.25, 0.3) is 0 Å². The van der Waals surface area contributed by atoms with Crippen LogP contribution in [0.5, 0.6) is 5.88 Å². The quantitative estimate of drug-likeness (QED) is 0.358. The Morgan fingerprint density at radius 2 is 1.97 bits per heavy atom. The zero-order valence-electron chi connectivity index (χ0n) is 21.7. The topological polar surface area (TPSA) is 76.6 Å². The molecule has 1 aromatic carbocycles. The summed E-state index contributed by atoms with van der Waals surface area (Å²) in [6.07, 6.45) is 1.95. The van der Waals surface area contributed by atoms with Gasteiger partial charge >= 0.3 is 0 Å². The highest BCUT2D eigenvalue weighted by atomic mass is 32.2. The number of carbonyl (C=O) groups excluding carboxylic acids is 1. The number of aryl methyl sites for hydroxylation is 1. The first-order chi connectivity index (χ1) is 16.9. The summed E-state index contributed by atoms with van der Waals surface area (Å²) in [4.78, 5) is 18.1. The Kier molecular flexibility index (Phi) is 7.42. The number of pyridine rings is 1. The molecule has 1 unspecified atom stereocenters. The first kappa shape index (κ1) is 26.5. The predicted molar refractivity (Wildman–Crippen MR) is 143 cm³/mol. The molecule has 1 aliphatic rings. The van der Waals surface area contributed by atoms with Crippen molar-refractivity contribution in [3.63, 3.8) is 0 Å². The van der Waals surface area contributed by atoms with Gasteiger partial charge in [-0.25, -0.2) is 13.4 Å². The van der Waals surface area contributed by atoms with Gasteiger partial charge in [0.2, 0.25) is 15.9 Å². The summed E-state index contributed by atoms with van der Waals surface area (Å²) in [5.41, 5.74) is 2.99. The lowest BCUT2D eigenvalue weighted by Gasteiger charge is -2.31. The van der Waals surface area contributed by atoms with Gasteiger partial charge in [0.1, 0.15) is 11.0 Å². The van der Waals surface area contributed by atoms with E-state index >= 15 is 0 Å². The summed E-state index contributed by atoms with van der Waals surface area (Å²) in [7, 11) is -3.79. The number of sulfonamides is 1. The molecule has 1 aliphatic heterocycles. The van der Waals surface area contributed by atoms with Crippen molar-refractivity contribution in [3.05, 3.63) is 75.1 Å². The average Bonchev–Trinajstić information content (AvgIpc) is 3.25. The molecule has 8 heteroatoms. The Hall–Kier alpha value is -2.55. The van der Waals surface area contributed by atoms with Crippen molar-refractivity contribution < 1.29 is 17.9 Å². The molecule has 0 saturated carbocycles. The number of rotatable bonds is 6. The Labute approximate surface area is 218 Å². The fraction of sp³-hybridized carbons (Fsp3) is 0.429. The predicted octanol–water partition coefficient (Wildman–Crippen LogP) is 6.19. The average molecular weight is 527 g/mol. The first-order valence-electron chi connectivity index (χ1n) is 12.2. The largest absolute Gasteiger partial charge is 0.472 e. The molecule has 192 valence electrons. The van der Waals surface area contributed by atoms with Crippen molar-refractivity contribution in [2.45, 2.75) is 71.4 Å². The van der Waals surface area contributed by atoms with Crippen LogP contribution in [0, 0.1) is 12.3 Å². The Bertz CT molecular complexity index is 1370. The van der Waals surface area contributed by atoms with Crippen LogP contribution in [0.4, 0.5) is 0 Å². The second kappa shape index (κ2) is 10.1. The third-order valence-corrected chi connectivity index (χ3v) is 9.75. The van der Waals surface area contributed by atoms with Crippen LogP contribution in [0.15, 0.2) is 53.6 Å². The molecular weight excluding hydrogens is 492 g/mol. The summed E-state index contributed by atoms with van der Waals surface area (Å²) in [6, 6.07) is 13.4. The molecule has 0 aliphatic carbocycles. The number of carbonyl (C=O) groups is 1. The highest BCUT2D eigenvalue weighted by molar-refractivity contribution is 7.89. The zero-order chi connectivity index (χ0) is 26.3. The van der Waals surface area contributed by atoms with E-state index in [1.165, 1.54) is 15.6 Å². The van der Waals surface area contributed by atoms with E-state index in [0.717, 1.165) is 26.4 Å². The fourth-order valence-electron chi connectivity index (χ4n) is 4.70. The van der Waals surface area contributed by atoms with Crippen LogP contribution in [0.3, 0.4) is 0 Å². The van der Waals surface area contributed by atoms with Gasteiger partial charge in [-0.05, 0) is 66.6 Å². The number of hydrogen-bond donors (Lipinski definition) is 0. The van der Waals surface area contributed by atoms with Crippen molar-refractivity contribution in [2.24, 2.45) is 5.41 Å². The SMILES string of the molecule is CC[C@@H]1CN(Cc2cc(C(c3ccc(C(C)=O)s3)C(C)(C)C)ccc2C)S(=O)(=O)c2cccnc2O1. The van der Waals surface area contributed by atoms with Crippen LogP contribution < -0.4 is 4.74 Å². The number of ether oxygens (including phenoxy) is 1. The monoisotopic (exact) mass is 526 g/mol. The van der Waals surface area contributed by atoms with Gasteiger partial charge in [0.05, 0.1) is 11.4 Å². The Balaban J connectivity index is 1.75. The number of thiophene rings is 1. The molecule has 0 amide bonds. The maximum absolute atomic E-state index is 13.6. The standard InChI is InChI=1S/C28H34N2O4S2/c1-7-22-17-30(36(32,33)25-9-8-14-29-27(25)34-22)16-21-15-20(11-10-18(21)2)26(28(4,5)6)24-13-12-23(35-24)19(3)31/h8-15,22,26H,7,16-17H2,1-6H3/t22-,26?/m1/s1. The minimum absolute atomic E-state index is 0.0624. The molecule has 0 fully saturated rings. The highest BCUT2D eigenvalue weighted by Crippen LogP contribution is 2.44. The number of fused-ring (bicyclic) bond motifs is 1. The van der Waals surface area contributed by atoms with Crippen molar-refractivity contribution in [1.82, 2.24) is 9.29 Å². The van der Waals surface area contributed by atoms with Gasteiger partial charge in [-0.3, -0.25) is 4.79 Å². The molecule has 6 nitrogen and oxygen atoms in total. The van der Waals surface area contributed by atoms with Crippen LogP contribution >= 0.6 is 11.3 Å². The van der Waals surface area contributed by atoms with Crippen LogP contribution in [-0.2, 0) is 16.6 Å². The minimum Gasteiger partial charge on any atom is -0.472 e. The van der Waals surface area contributed by atoms with Gasteiger partial charge in [0.25, 0.3) is 0 Å². The lowest BCUT2D eigenvalue weighted by Crippen LogP contribution is -2.36. The normalized spacial score (nSPS) is 18.7. The van der Waals surface area contributed by atoms with E-state index in [1.807, 2.05) is 26.0 Å². The molecule has 0 radical (unpaired) electrons. The van der Waals surface area contributed by atoms with Gasteiger partial charge in [0, 0.05) is 23.5 Å². The molecule has 0 bridgehead atoms. The van der Waals surface area contributed by atoms with E-state index in [0.29, 0.717) is 6.42 Å². The molecule has 0 saturated heterocycles.